The minimum atomic E-state index is -0.385. The molecule has 0 aromatic heterocycles. The first-order chi connectivity index (χ1) is 10.1. The van der Waals surface area contributed by atoms with Gasteiger partial charge in [0.15, 0.2) is 0 Å². The maximum atomic E-state index is 12.0. The van der Waals surface area contributed by atoms with Gasteiger partial charge >= 0.3 is 12.0 Å². The predicted octanol–water partition coefficient (Wildman–Crippen LogP) is -0.214. The van der Waals surface area contributed by atoms with E-state index >= 15 is 0 Å². The third-order valence-corrected chi connectivity index (χ3v) is 3.96. The fourth-order valence-corrected chi connectivity index (χ4v) is 2.66. The van der Waals surface area contributed by atoms with E-state index in [1.807, 2.05) is 7.05 Å². The molecule has 0 radical (unpaired) electrons. The van der Waals surface area contributed by atoms with Gasteiger partial charge in [-0.3, -0.25) is 4.90 Å². The second-order valence-electron chi connectivity index (χ2n) is 5.54. The summed E-state index contributed by atoms with van der Waals surface area (Å²) in [5.74, 6) is 0.244. The van der Waals surface area contributed by atoms with Crippen LogP contribution in [0.2, 0.25) is 0 Å². The molecule has 1 fully saturated rings. The number of urea groups is 1. The molecule has 0 saturated heterocycles. The summed E-state index contributed by atoms with van der Waals surface area (Å²) >= 11 is 0. The van der Waals surface area contributed by atoms with Crippen molar-refractivity contribution in [3.05, 3.63) is 11.3 Å². The van der Waals surface area contributed by atoms with Crippen LogP contribution in [0.3, 0.4) is 0 Å². The van der Waals surface area contributed by atoms with Crippen molar-refractivity contribution in [2.45, 2.75) is 25.8 Å². The third kappa shape index (κ3) is 3.95. The zero-order valence-corrected chi connectivity index (χ0v) is 12.6. The molecule has 0 bridgehead atoms. The van der Waals surface area contributed by atoms with Gasteiger partial charge in [0.2, 0.25) is 0 Å². The first-order valence-electron chi connectivity index (χ1n) is 7.41. The molecule has 7 nitrogen and oxygen atoms in total. The molecule has 0 aromatic rings. The van der Waals surface area contributed by atoms with E-state index < -0.39 is 0 Å². The summed E-state index contributed by atoms with van der Waals surface area (Å²) < 4.78 is 5.04. The molecule has 1 atom stereocenters. The van der Waals surface area contributed by atoms with Gasteiger partial charge in [-0.1, -0.05) is 0 Å². The smallest absolute Gasteiger partial charge is 0.337 e. The van der Waals surface area contributed by atoms with Gasteiger partial charge < -0.3 is 21.1 Å². The van der Waals surface area contributed by atoms with Crippen LogP contribution in [0.1, 0.15) is 19.8 Å². The molecule has 1 aliphatic carbocycles. The zero-order valence-electron chi connectivity index (χ0n) is 12.6. The number of carbonyl (C=O) groups excluding carboxylic acids is 2. The standard InChI is InChI=1S/C14H24N4O3/c1-3-21-13(19)10-7-16-14(20)17-11(10)8-18(2)12(6-15)9-4-5-9/h9,12H,3-8,15H2,1-2H3,(H2,16,17,20). The minimum absolute atomic E-state index is 0.199. The lowest BCUT2D eigenvalue weighted by Gasteiger charge is -2.30. The minimum Gasteiger partial charge on any atom is -0.463 e. The average Bonchev–Trinajstić information content (AvgIpc) is 3.24. The van der Waals surface area contributed by atoms with Crippen LogP contribution < -0.4 is 16.4 Å². The van der Waals surface area contributed by atoms with Gasteiger partial charge in [0.05, 0.1) is 18.7 Å². The van der Waals surface area contributed by atoms with Gasteiger partial charge in [0, 0.05) is 24.8 Å². The number of nitrogens with zero attached hydrogens (tertiary/aromatic N) is 1. The van der Waals surface area contributed by atoms with E-state index in [0.717, 1.165) is 0 Å². The van der Waals surface area contributed by atoms with Crippen molar-refractivity contribution < 1.29 is 14.3 Å². The summed E-state index contributed by atoms with van der Waals surface area (Å²) in [7, 11) is 1.97. The molecule has 1 aliphatic heterocycles. The van der Waals surface area contributed by atoms with E-state index in [4.69, 9.17) is 10.5 Å². The first-order valence-corrected chi connectivity index (χ1v) is 7.41. The summed E-state index contributed by atoms with van der Waals surface area (Å²) in [6.45, 7) is 3.34. The number of rotatable bonds is 7. The van der Waals surface area contributed by atoms with Crippen molar-refractivity contribution in [3.8, 4) is 0 Å². The molecule has 0 aromatic carbocycles. The van der Waals surface area contributed by atoms with E-state index in [2.05, 4.69) is 15.5 Å². The lowest BCUT2D eigenvalue weighted by atomic mass is 10.1. The highest BCUT2D eigenvalue weighted by molar-refractivity contribution is 5.93. The Morgan fingerprint density at radius 3 is 2.81 bits per heavy atom. The molecule has 118 valence electrons. The van der Waals surface area contributed by atoms with Crippen LogP contribution in [0, 0.1) is 5.92 Å². The SMILES string of the molecule is CCOC(=O)C1=C(CN(C)C(CN)C2CC2)NC(=O)NC1. The second kappa shape index (κ2) is 6.91. The summed E-state index contributed by atoms with van der Waals surface area (Å²) in [6.07, 6.45) is 2.40. The lowest BCUT2D eigenvalue weighted by molar-refractivity contribution is -0.138. The fourth-order valence-electron chi connectivity index (χ4n) is 2.66. The number of ether oxygens (including phenoxy) is 1. The monoisotopic (exact) mass is 296 g/mol. The Morgan fingerprint density at radius 1 is 1.52 bits per heavy atom. The van der Waals surface area contributed by atoms with Crippen molar-refractivity contribution in [2.24, 2.45) is 11.7 Å². The molecular formula is C14H24N4O3. The van der Waals surface area contributed by atoms with Crippen molar-refractivity contribution in [3.63, 3.8) is 0 Å². The van der Waals surface area contributed by atoms with E-state index in [1.165, 1.54) is 12.8 Å². The molecule has 2 aliphatic rings. The maximum Gasteiger partial charge on any atom is 0.337 e. The van der Waals surface area contributed by atoms with Crippen LogP contribution in [0.5, 0.6) is 0 Å². The Balaban J connectivity index is 2.11. The molecule has 4 N–H and O–H groups in total. The van der Waals surface area contributed by atoms with Crippen LogP contribution >= 0.6 is 0 Å². The molecule has 21 heavy (non-hydrogen) atoms. The molecular weight excluding hydrogens is 272 g/mol. The van der Waals surface area contributed by atoms with Gasteiger partial charge in [-0.2, -0.15) is 0 Å². The molecule has 1 heterocycles. The van der Waals surface area contributed by atoms with Crippen molar-refractivity contribution in [1.82, 2.24) is 15.5 Å². The highest BCUT2D eigenvalue weighted by atomic mass is 16.5. The van der Waals surface area contributed by atoms with E-state index in [0.29, 0.717) is 36.9 Å². The average molecular weight is 296 g/mol. The largest absolute Gasteiger partial charge is 0.463 e. The molecule has 2 rings (SSSR count). The van der Waals surface area contributed by atoms with Crippen LogP contribution in [0.4, 0.5) is 4.79 Å². The molecule has 7 heteroatoms. The second-order valence-corrected chi connectivity index (χ2v) is 5.54. The summed E-state index contributed by atoms with van der Waals surface area (Å²) in [5.41, 5.74) is 6.93. The van der Waals surface area contributed by atoms with Crippen LogP contribution in [0.25, 0.3) is 0 Å². The summed E-state index contributed by atoms with van der Waals surface area (Å²) in [5, 5.41) is 5.32. The Hall–Kier alpha value is -1.60. The Labute approximate surface area is 124 Å². The van der Waals surface area contributed by atoms with Crippen molar-refractivity contribution in [1.29, 1.82) is 0 Å². The Bertz CT molecular complexity index is 446. The van der Waals surface area contributed by atoms with Crippen molar-refractivity contribution >= 4 is 12.0 Å². The molecule has 1 saturated carbocycles. The number of nitrogens with one attached hydrogen (secondary N) is 2. The number of hydrogen-bond donors (Lipinski definition) is 3. The Morgan fingerprint density at radius 2 is 2.24 bits per heavy atom. The van der Waals surface area contributed by atoms with Crippen molar-refractivity contribution in [2.75, 3.05) is 33.3 Å². The van der Waals surface area contributed by atoms with Gasteiger partial charge in [-0.05, 0) is 32.7 Å². The van der Waals surface area contributed by atoms with E-state index in [9.17, 15) is 9.59 Å². The normalized spacial score (nSPS) is 20.1. The number of amides is 2. The highest BCUT2D eigenvalue weighted by Crippen LogP contribution is 2.34. The van der Waals surface area contributed by atoms with E-state index in [1.54, 1.807) is 6.92 Å². The van der Waals surface area contributed by atoms with Gasteiger partial charge in [-0.15, -0.1) is 0 Å². The van der Waals surface area contributed by atoms with E-state index in [-0.39, 0.29) is 24.6 Å². The number of esters is 1. The van der Waals surface area contributed by atoms with Gasteiger partial charge in [0.1, 0.15) is 0 Å². The third-order valence-electron chi connectivity index (χ3n) is 3.96. The first kappa shape index (κ1) is 15.8. The highest BCUT2D eigenvalue weighted by Gasteiger charge is 2.34. The fraction of sp³-hybridized carbons (Fsp3) is 0.714. The van der Waals surface area contributed by atoms with Crippen LogP contribution in [-0.4, -0.2) is 56.2 Å². The number of carbonyl (C=O) groups is 2. The summed E-state index contributed by atoms with van der Waals surface area (Å²) in [4.78, 5) is 25.6. The number of hydrogen-bond acceptors (Lipinski definition) is 5. The van der Waals surface area contributed by atoms with Gasteiger partial charge in [0.25, 0.3) is 0 Å². The lowest BCUT2D eigenvalue weighted by Crippen LogP contribution is -2.49. The predicted molar refractivity (Wildman–Crippen MR) is 78.4 cm³/mol. The van der Waals surface area contributed by atoms with Crippen LogP contribution in [-0.2, 0) is 9.53 Å². The quantitative estimate of drug-likeness (QED) is 0.565. The zero-order chi connectivity index (χ0) is 15.4. The van der Waals surface area contributed by atoms with Gasteiger partial charge in [-0.25, -0.2) is 9.59 Å². The Kier molecular flexibility index (Phi) is 5.19. The van der Waals surface area contributed by atoms with Crippen LogP contribution in [0.15, 0.2) is 11.3 Å². The number of likely N-dealkylation sites (N-methyl/N-ethyl adjacent to an activating group) is 1. The topological polar surface area (TPSA) is 96.7 Å². The molecule has 2 amide bonds. The maximum absolute atomic E-state index is 12.0. The summed E-state index contributed by atoms with van der Waals surface area (Å²) in [6, 6.07) is -0.00472. The number of nitrogens with two attached hydrogens (primary N) is 1. The molecule has 0 spiro atoms. The molecule has 1 unspecified atom stereocenters.